The second kappa shape index (κ2) is 6.87. The molecule has 1 aromatic heterocycles. The van der Waals surface area contributed by atoms with Crippen molar-refractivity contribution >= 4 is 32.4 Å². The molecule has 4 nitrogen and oxygen atoms in total. The Morgan fingerprint density at radius 3 is 2.67 bits per heavy atom. The fraction of sp³-hybridized carbons (Fsp3) is 0.400. The van der Waals surface area contributed by atoms with Gasteiger partial charge in [0.05, 0.1) is 0 Å². The third kappa shape index (κ3) is 3.63. The van der Waals surface area contributed by atoms with Gasteiger partial charge in [-0.25, -0.2) is 4.98 Å². The van der Waals surface area contributed by atoms with Crippen LogP contribution in [0.15, 0.2) is 34.2 Å². The average molecular weight is 367 g/mol. The van der Waals surface area contributed by atoms with Crippen molar-refractivity contribution in [2.75, 3.05) is 31.1 Å². The van der Waals surface area contributed by atoms with Gasteiger partial charge < -0.3 is 10.6 Å². The molecule has 0 unspecified atom stereocenters. The van der Waals surface area contributed by atoms with Crippen LogP contribution in [0, 0.1) is 0 Å². The molecule has 1 aliphatic heterocycles. The Hall–Kier alpha value is -0.950. The van der Waals surface area contributed by atoms with Crippen molar-refractivity contribution in [2.24, 2.45) is 5.73 Å². The van der Waals surface area contributed by atoms with E-state index >= 15 is 0 Å². The standard InChI is InChI=1S/C15H19BrN4S/c16-14-9-12(10-17)1-2-13(14)11-19-4-6-20(7-5-19)15-18-3-8-21-15/h1-3,8-9H,4-7,10-11,17H2. The van der Waals surface area contributed by atoms with Crippen LogP contribution in [0.3, 0.4) is 0 Å². The Morgan fingerprint density at radius 1 is 1.24 bits per heavy atom. The number of rotatable bonds is 4. The lowest BCUT2D eigenvalue weighted by Crippen LogP contribution is -2.45. The highest BCUT2D eigenvalue weighted by atomic mass is 79.9. The number of nitrogens with two attached hydrogens (primary N) is 1. The van der Waals surface area contributed by atoms with Gasteiger partial charge in [-0.2, -0.15) is 0 Å². The summed E-state index contributed by atoms with van der Waals surface area (Å²) in [6.07, 6.45) is 1.88. The van der Waals surface area contributed by atoms with E-state index < -0.39 is 0 Å². The van der Waals surface area contributed by atoms with Crippen LogP contribution in [-0.2, 0) is 13.1 Å². The number of anilines is 1. The molecule has 1 fully saturated rings. The molecule has 2 N–H and O–H groups in total. The van der Waals surface area contributed by atoms with E-state index in [1.165, 1.54) is 11.1 Å². The molecule has 0 spiro atoms. The molecule has 112 valence electrons. The van der Waals surface area contributed by atoms with E-state index in [-0.39, 0.29) is 0 Å². The van der Waals surface area contributed by atoms with Gasteiger partial charge in [0, 0.05) is 55.3 Å². The van der Waals surface area contributed by atoms with Crippen molar-refractivity contribution in [2.45, 2.75) is 13.1 Å². The molecule has 2 aromatic rings. The lowest BCUT2D eigenvalue weighted by Gasteiger charge is -2.34. The molecule has 0 amide bonds. The van der Waals surface area contributed by atoms with E-state index in [2.05, 4.69) is 48.9 Å². The van der Waals surface area contributed by atoms with Crippen molar-refractivity contribution in [1.82, 2.24) is 9.88 Å². The first-order valence-corrected chi connectivity index (χ1v) is 8.77. The molecular weight excluding hydrogens is 348 g/mol. The van der Waals surface area contributed by atoms with Crippen LogP contribution in [-0.4, -0.2) is 36.1 Å². The molecule has 0 aliphatic carbocycles. The number of nitrogens with zero attached hydrogens (tertiary/aromatic N) is 3. The Kier molecular flexibility index (Phi) is 4.90. The second-order valence-electron chi connectivity index (χ2n) is 5.21. The molecular formula is C15H19BrN4S. The molecule has 21 heavy (non-hydrogen) atoms. The molecule has 6 heteroatoms. The van der Waals surface area contributed by atoms with Gasteiger partial charge in [0.25, 0.3) is 0 Å². The molecule has 1 aliphatic rings. The Bertz CT molecular complexity index is 579. The Balaban J connectivity index is 1.58. The van der Waals surface area contributed by atoms with Crippen LogP contribution in [0.5, 0.6) is 0 Å². The zero-order chi connectivity index (χ0) is 14.7. The summed E-state index contributed by atoms with van der Waals surface area (Å²) in [6, 6.07) is 6.42. The fourth-order valence-electron chi connectivity index (χ4n) is 2.56. The lowest BCUT2D eigenvalue weighted by molar-refractivity contribution is 0.249. The zero-order valence-electron chi connectivity index (χ0n) is 11.8. The first-order chi connectivity index (χ1) is 10.3. The van der Waals surface area contributed by atoms with E-state index in [1.54, 1.807) is 11.3 Å². The number of aromatic nitrogens is 1. The Morgan fingerprint density at radius 2 is 2.05 bits per heavy atom. The van der Waals surface area contributed by atoms with Crippen LogP contribution in [0.25, 0.3) is 0 Å². The Labute approximate surface area is 137 Å². The van der Waals surface area contributed by atoms with Crippen molar-refractivity contribution in [3.8, 4) is 0 Å². The molecule has 0 bridgehead atoms. The number of hydrogen-bond acceptors (Lipinski definition) is 5. The van der Waals surface area contributed by atoms with Crippen LogP contribution in [0.2, 0.25) is 0 Å². The van der Waals surface area contributed by atoms with Gasteiger partial charge in [-0.3, -0.25) is 4.90 Å². The maximum Gasteiger partial charge on any atom is 0.185 e. The third-order valence-electron chi connectivity index (χ3n) is 3.81. The fourth-order valence-corrected chi connectivity index (χ4v) is 3.80. The van der Waals surface area contributed by atoms with Crippen LogP contribution in [0.1, 0.15) is 11.1 Å². The van der Waals surface area contributed by atoms with Crippen molar-refractivity contribution in [3.63, 3.8) is 0 Å². The zero-order valence-corrected chi connectivity index (χ0v) is 14.2. The van der Waals surface area contributed by atoms with Gasteiger partial charge in [0.1, 0.15) is 0 Å². The van der Waals surface area contributed by atoms with Crippen molar-refractivity contribution in [1.29, 1.82) is 0 Å². The summed E-state index contributed by atoms with van der Waals surface area (Å²) in [7, 11) is 0. The van der Waals surface area contributed by atoms with E-state index in [4.69, 9.17) is 5.73 Å². The largest absolute Gasteiger partial charge is 0.346 e. The van der Waals surface area contributed by atoms with E-state index in [0.717, 1.165) is 42.3 Å². The molecule has 1 aromatic carbocycles. The highest BCUT2D eigenvalue weighted by Crippen LogP contribution is 2.23. The molecule has 0 atom stereocenters. The second-order valence-corrected chi connectivity index (χ2v) is 6.94. The summed E-state index contributed by atoms with van der Waals surface area (Å²) < 4.78 is 1.16. The maximum absolute atomic E-state index is 5.67. The van der Waals surface area contributed by atoms with Crippen molar-refractivity contribution in [3.05, 3.63) is 45.4 Å². The summed E-state index contributed by atoms with van der Waals surface area (Å²) in [5.41, 5.74) is 8.17. The van der Waals surface area contributed by atoms with Gasteiger partial charge in [0.15, 0.2) is 5.13 Å². The monoisotopic (exact) mass is 366 g/mol. The number of halogens is 1. The molecule has 2 heterocycles. The van der Waals surface area contributed by atoms with E-state index in [1.807, 2.05) is 11.6 Å². The SMILES string of the molecule is NCc1ccc(CN2CCN(c3nccs3)CC2)c(Br)c1. The van der Waals surface area contributed by atoms with Gasteiger partial charge in [-0.1, -0.05) is 28.1 Å². The predicted octanol–water partition coefficient (Wildman–Crippen LogP) is 2.69. The van der Waals surface area contributed by atoms with Gasteiger partial charge in [-0.05, 0) is 17.2 Å². The van der Waals surface area contributed by atoms with Crippen LogP contribution < -0.4 is 10.6 Å². The number of thiazole rings is 1. The van der Waals surface area contributed by atoms with Crippen molar-refractivity contribution < 1.29 is 0 Å². The highest BCUT2D eigenvalue weighted by molar-refractivity contribution is 9.10. The molecule has 0 saturated carbocycles. The first-order valence-electron chi connectivity index (χ1n) is 7.10. The quantitative estimate of drug-likeness (QED) is 0.903. The normalized spacial score (nSPS) is 16.4. The summed E-state index contributed by atoms with van der Waals surface area (Å²) in [6.45, 7) is 5.82. The van der Waals surface area contributed by atoms with Gasteiger partial charge in [-0.15, -0.1) is 11.3 Å². The minimum absolute atomic E-state index is 0.589. The van der Waals surface area contributed by atoms with E-state index in [0.29, 0.717) is 6.54 Å². The molecule has 3 rings (SSSR count). The van der Waals surface area contributed by atoms with E-state index in [9.17, 15) is 0 Å². The minimum Gasteiger partial charge on any atom is -0.346 e. The van der Waals surface area contributed by atoms with Gasteiger partial charge in [0.2, 0.25) is 0 Å². The molecule has 0 radical (unpaired) electrons. The number of benzene rings is 1. The summed E-state index contributed by atoms with van der Waals surface area (Å²) in [5.74, 6) is 0. The summed E-state index contributed by atoms with van der Waals surface area (Å²) in [4.78, 5) is 9.25. The number of piperazine rings is 1. The minimum atomic E-state index is 0.589. The van der Waals surface area contributed by atoms with Crippen LogP contribution >= 0.6 is 27.3 Å². The maximum atomic E-state index is 5.67. The lowest BCUT2D eigenvalue weighted by atomic mass is 10.1. The molecule has 1 saturated heterocycles. The topological polar surface area (TPSA) is 45.4 Å². The third-order valence-corrected chi connectivity index (χ3v) is 5.38. The average Bonchev–Trinajstić information content (AvgIpc) is 3.04. The summed E-state index contributed by atoms with van der Waals surface area (Å²) >= 11 is 5.38. The van der Waals surface area contributed by atoms with Crippen LogP contribution in [0.4, 0.5) is 5.13 Å². The smallest absolute Gasteiger partial charge is 0.185 e. The first kappa shape index (κ1) is 15.0. The van der Waals surface area contributed by atoms with Gasteiger partial charge >= 0.3 is 0 Å². The highest BCUT2D eigenvalue weighted by Gasteiger charge is 2.19. The number of hydrogen-bond donors (Lipinski definition) is 1. The predicted molar refractivity (Wildman–Crippen MR) is 91.6 cm³/mol. The summed E-state index contributed by atoms with van der Waals surface area (Å²) in [5, 5.41) is 3.18.